The summed E-state index contributed by atoms with van der Waals surface area (Å²) in [4.78, 5) is 11.4. The highest BCUT2D eigenvalue weighted by atomic mass is 35.5. The molecule has 5 aromatic rings. The van der Waals surface area contributed by atoms with E-state index < -0.39 is 5.60 Å². The summed E-state index contributed by atoms with van der Waals surface area (Å²) in [5.41, 5.74) is 4.82. The monoisotopic (exact) mass is 525 g/mol. The maximum absolute atomic E-state index is 12.4. The molecular weight excluding hydrogens is 494 g/mol. The van der Waals surface area contributed by atoms with Crippen LogP contribution in [0.25, 0.3) is 22.0 Å². The first kappa shape index (κ1) is 25.9. The molecule has 0 radical (unpaired) electrons. The summed E-state index contributed by atoms with van der Waals surface area (Å²) in [5.74, 6) is 0.822. The van der Waals surface area contributed by atoms with Crippen LogP contribution >= 0.6 is 11.6 Å². The van der Waals surface area contributed by atoms with Gasteiger partial charge in [0.25, 0.3) is 0 Å². The number of aromatic nitrogens is 3. The molecule has 1 atom stereocenters. The minimum Gasteiger partial charge on any atom is -0.374 e. The van der Waals surface area contributed by atoms with Gasteiger partial charge in [-0.25, -0.2) is 9.97 Å². The highest BCUT2D eigenvalue weighted by Gasteiger charge is 2.37. The van der Waals surface area contributed by atoms with Crippen LogP contribution in [0.3, 0.4) is 0 Å². The molecule has 0 spiro atoms. The van der Waals surface area contributed by atoms with E-state index >= 15 is 0 Å². The highest BCUT2D eigenvalue weighted by molar-refractivity contribution is 6.30. The van der Waals surface area contributed by atoms with E-state index in [0.29, 0.717) is 16.3 Å². The molecule has 0 bridgehead atoms. The Bertz CT molecular complexity index is 1580. The van der Waals surface area contributed by atoms with Gasteiger partial charge in [-0.1, -0.05) is 59.6 Å². The number of likely N-dealkylation sites (N-methyl/N-ethyl adjacent to an activating group) is 1. The molecule has 38 heavy (non-hydrogen) atoms. The van der Waals surface area contributed by atoms with E-state index in [1.807, 2.05) is 41.9 Å². The van der Waals surface area contributed by atoms with Gasteiger partial charge in [0.1, 0.15) is 5.82 Å². The number of hydrogen-bond donors (Lipinski definition) is 2. The van der Waals surface area contributed by atoms with Crippen molar-refractivity contribution < 1.29 is 5.11 Å². The van der Waals surface area contributed by atoms with Gasteiger partial charge in [0.15, 0.2) is 5.60 Å². The van der Waals surface area contributed by atoms with Crippen LogP contribution in [0.2, 0.25) is 5.02 Å². The zero-order chi connectivity index (χ0) is 26.9. The zero-order valence-electron chi connectivity index (χ0n) is 22.1. The summed E-state index contributed by atoms with van der Waals surface area (Å²) < 4.78 is 1.84. The van der Waals surface area contributed by atoms with Crippen molar-refractivity contribution in [1.82, 2.24) is 19.4 Å². The maximum Gasteiger partial charge on any atom is 0.156 e. The van der Waals surface area contributed by atoms with Crippen molar-refractivity contribution in [3.05, 3.63) is 113 Å². The third kappa shape index (κ3) is 5.03. The summed E-state index contributed by atoms with van der Waals surface area (Å²) >= 11 is 6.20. The van der Waals surface area contributed by atoms with Crippen LogP contribution in [0.1, 0.15) is 22.4 Å². The number of nitrogens with zero attached hydrogens (tertiary/aromatic N) is 4. The normalized spacial score (nSPS) is 13.1. The van der Waals surface area contributed by atoms with Gasteiger partial charge in [-0.3, -0.25) is 0 Å². The van der Waals surface area contributed by atoms with Crippen molar-refractivity contribution in [2.45, 2.75) is 12.5 Å². The Labute approximate surface area is 228 Å². The molecule has 2 heterocycles. The quantitative estimate of drug-likeness (QED) is 0.266. The second-order valence-electron chi connectivity index (χ2n) is 9.99. The van der Waals surface area contributed by atoms with Gasteiger partial charge in [-0.05, 0) is 73.6 Å². The van der Waals surface area contributed by atoms with E-state index in [4.69, 9.17) is 16.6 Å². The number of aliphatic hydroxyl groups is 1. The third-order valence-electron chi connectivity index (χ3n) is 6.87. The number of anilines is 1. The molecule has 0 aliphatic rings. The van der Waals surface area contributed by atoms with Crippen molar-refractivity contribution in [3.63, 3.8) is 0 Å². The molecule has 0 aliphatic heterocycles. The first-order valence-corrected chi connectivity index (χ1v) is 13.0. The Hall–Kier alpha value is -3.71. The number of fused-ring (bicyclic) bond motifs is 1. The van der Waals surface area contributed by atoms with E-state index in [2.05, 4.69) is 66.6 Å². The van der Waals surface area contributed by atoms with E-state index in [1.54, 1.807) is 24.7 Å². The molecule has 1 unspecified atom stereocenters. The molecule has 5 rings (SSSR count). The lowest BCUT2D eigenvalue weighted by molar-refractivity contribution is 0.117. The fourth-order valence-electron chi connectivity index (χ4n) is 4.86. The van der Waals surface area contributed by atoms with Crippen molar-refractivity contribution in [1.29, 1.82) is 0 Å². The van der Waals surface area contributed by atoms with Gasteiger partial charge >= 0.3 is 0 Å². The Balaban J connectivity index is 1.72. The van der Waals surface area contributed by atoms with Crippen LogP contribution in [0, 0.1) is 6.92 Å². The van der Waals surface area contributed by atoms with Crippen LogP contribution < -0.4 is 5.32 Å². The summed E-state index contributed by atoms with van der Waals surface area (Å²) in [5, 5.41) is 17.5. The Kier molecular flexibility index (Phi) is 7.21. The summed E-state index contributed by atoms with van der Waals surface area (Å²) in [6, 6.07) is 23.8. The molecule has 0 aliphatic carbocycles. The Morgan fingerprint density at radius 1 is 1.00 bits per heavy atom. The number of pyridine rings is 1. The van der Waals surface area contributed by atoms with Crippen LogP contribution in [0.5, 0.6) is 0 Å². The summed E-state index contributed by atoms with van der Waals surface area (Å²) in [6.45, 7) is 3.78. The van der Waals surface area contributed by atoms with Gasteiger partial charge in [-0.15, -0.1) is 0 Å². The van der Waals surface area contributed by atoms with Crippen molar-refractivity contribution in [2.75, 3.05) is 32.5 Å². The minimum atomic E-state index is -1.45. The van der Waals surface area contributed by atoms with E-state index in [-0.39, 0.29) is 0 Å². The number of rotatable bonds is 8. The molecule has 7 heteroatoms. The van der Waals surface area contributed by atoms with E-state index in [9.17, 15) is 5.11 Å². The van der Waals surface area contributed by atoms with E-state index in [0.717, 1.165) is 46.5 Å². The van der Waals surface area contributed by atoms with Crippen LogP contribution in [-0.2, 0) is 12.6 Å². The topological polar surface area (TPSA) is 66.2 Å². The van der Waals surface area contributed by atoms with E-state index in [1.165, 1.54) is 5.56 Å². The van der Waals surface area contributed by atoms with Gasteiger partial charge < -0.3 is 19.9 Å². The molecule has 6 nitrogen and oxygen atoms in total. The fourth-order valence-corrected chi connectivity index (χ4v) is 4.99. The molecule has 2 N–H and O–H groups in total. The van der Waals surface area contributed by atoms with Crippen LogP contribution in [0.4, 0.5) is 5.82 Å². The molecule has 0 saturated heterocycles. The van der Waals surface area contributed by atoms with Crippen molar-refractivity contribution in [2.24, 2.45) is 7.05 Å². The Morgan fingerprint density at radius 3 is 2.45 bits per heavy atom. The van der Waals surface area contributed by atoms with Gasteiger partial charge in [0.05, 0.1) is 23.7 Å². The lowest BCUT2D eigenvalue weighted by atomic mass is 9.82. The summed E-state index contributed by atoms with van der Waals surface area (Å²) in [7, 11) is 5.99. The second-order valence-corrected chi connectivity index (χ2v) is 10.4. The number of hydrogen-bond acceptors (Lipinski definition) is 5. The molecule has 0 amide bonds. The highest BCUT2D eigenvalue weighted by Crippen LogP contribution is 2.40. The molecule has 194 valence electrons. The SMILES string of the molecule is Cc1cccc(-c2cc(NCCN(C)C)nc3ccc(C(O)(c4ccc(Cl)cc4)c4cncn4C)cc23)c1. The molecule has 3 aromatic carbocycles. The predicted octanol–water partition coefficient (Wildman–Crippen LogP) is 5.85. The maximum atomic E-state index is 12.4. The van der Waals surface area contributed by atoms with Gasteiger partial charge in [0.2, 0.25) is 0 Å². The number of halogens is 1. The molecule has 0 fully saturated rings. The average molecular weight is 526 g/mol. The molecule has 0 saturated carbocycles. The lowest BCUT2D eigenvalue weighted by Crippen LogP contribution is -2.31. The average Bonchev–Trinajstić information content (AvgIpc) is 3.34. The standard InChI is InChI=1S/C31H32ClN5O/c1-21-6-5-7-22(16-21)26-18-30(34-14-15-36(2)3)35-28-13-10-24(17-27(26)28)31(38,29-19-33-20-37(29)4)23-8-11-25(32)12-9-23/h5-13,16-20,38H,14-15H2,1-4H3,(H,34,35). The number of imidazole rings is 1. The minimum absolute atomic E-state index is 0.611. The lowest BCUT2D eigenvalue weighted by Gasteiger charge is -2.30. The fraction of sp³-hybridized carbons (Fsp3) is 0.226. The van der Waals surface area contributed by atoms with Crippen molar-refractivity contribution >= 4 is 28.3 Å². The predicted molar refractivity (Wildman–Crippen MR) is 156 cm³/mol. The van der Waals surface area contributed by atoms with Crippen LogP contribution in [0.15, 0.2) is 85.3 Å². The molecule has 2 aromatic heterocycles. The molecular formula is C31H32ClN5O. The third-order valence-corrected chi connectivity index (χ3v) is 7.12. The largest absolute Gasteiger partial charge is 0.374 e. The smallest absolute Gasteiger partial charge is 0.156 e. The Morgan fingerprint density at radius 2 is 1.76 bits per heavy atom. The van der Waals surface area contributed by atoms with Crippen molar-refractivity contribution in [3.8, 4) is 11.1 Å². The van der Waals surface area contributed by atoms with Crippen LogP contribution in [-0.4, -0.2) is 51.7 Å². The zero-order valence-corrected chi connectivity index (χ0v) is 22.9. The number of nitrogens with one attached hydrogen (secondary N) is 1. The summed E-state index contributed by atoms with van der Waals surface area (Å²) in [6.07, 6.45) is 3.40. The number of aryl methyl sites for hydroxylation is 2. The van der Waals surface area contributed by atoms with Gasteiger partial charge in [0, 0.05) is 30.5 Å². The second kappa shape index (κ2) is 10.6. The van der Waals surface area contributed by atoms with Gasteiger partial charge in [-0.2, -0.15) is 0 Å². The first-order chi connectivity index (χ1) is 18.3. The first-order valence-electron chi connectivity index (χ1n) is 12.6. The number of benzene rings is 3.